The van der Waals surface area contributed by atoms with Crippen molar-refractivity contribution in [1.82, 2.24) is 15.8 Å². The number of rotatable bonds is 5. The summed E-state index contributed by atoms with van der Waals surface area (Å²) in [6.07, 6.45) is 2.98. The first-order valence-electron chi connectivity index (χ1n) is 8.30. The molecule has 4 nitrogen and oxygen atoms in total. The standard InChI is InChI=1S/C18H20ClN3OS/c19-13-4-1-3-12(9-13)16-10-17(21-20-16)18(23)22(14-6-7-14)11-15-5-2-8-24-15/h1-5,8-9,14,16-17,20-21H,6-7,10-11H2. The molecule has 0 bridgehead atoms. The maximum atomic E-state index is 13.0. The van der Waals surface area contributed by atoms with Crippen molar-refractivity contribution in [2.24, 2.45) is 0 Å². The second-order valence-corrected chi connectivity index (χ2v) is 7.93. The molecule has 1 saturated heterocycles. The lowest BCUT2D eigenvalue weighted by Gasteiger charge is -2.25. The lowest BCUT2D eigenvalue weighted by atomic mass is 10.0. The second kappa shape index (κ2) is 6.84. The Morgan fingerprint density at radius 2 is 2.12 bits per heavy atom. The van der Waals surface area contributed by atoms with Gasteiger partial charge in [-0.3, -0.25) is 4.79 Å². The summed E-state index contributed by atoms with van der Waals surface area (Å²) in [5.74, 6) is 0.197. The molecule has 1 saturated carbocycles. The lowest BCUT2D eigenvalue weighted by molar-refractivity contribution is -0.134. The molecule has 2 unspecified atom stereocenters. The first-order chi connectivity index (χ1) is 11.7. The summed E-state index contributed by atoms with van der Waals surface area (Å²) in [7, 11) is 0. The van der Waals surface area contributed by atoms with E-state index in [2.05, 4.69) is 22.3 Å². The van der Waals surface area contributed by atoms with Gasteiger partial charge in [0, 0.05) is 22.0 Å². The smallest absolute Gasteiger partial charge is 0.241 e. The topological polar surface area (TPSA) is 44.4 Å². The predicted molar refractivity (Wildman–Crippen MR) is 96.8 cm³/mol. The molecule has 6 heteroatoms. The molecule has 1 aliphatic heterocycles. The van der Waals surface area contributed by atoms with E-state index in [-0.39, 0.29) is 18.0 Å². The molecule has 2 aliphatic rings. The van der Waals surface area contributed by atoms with Crippen LogP contribution < -0.4 is 10.9 Å². The van der Waals surface area contributed by atoms with Crippen LogP contribution in [-0.2, 0) is 11.3 Å². The summed E-state index contributed by atoms with van der Waals surface area (Å²) >= 11 is 7.79. The van der Waals surface area contributed by atoms with Crippen LogP contribution in [0.2, 0.25) is 5.02 Å². The molecule has 2 N–H and O–H groups in total. The lowest BCUT2D eigenvalue weighted by Crippen LogP contribution is -2.46. The third-order valence-electron chi connectivity index (χ3n) is 4.63. The van der Waals surface area contributed by atoms with Crippen molar-refractivity contribution in [3.8, 4) is 0 Å². The SMILES string of the molecule is O=C(C1CC(c2cccc(Cl)c2)NN1)N(Cc1cccs1)C1CC1. The highest BCUT2D eigenvalue weighted by Gasteiger charge is 2.39. The summed E-state index contributed by atoms with van der Waals surface area (Å²) in [6.45, 7) is 0.723. The van der Waals surface area contributed by atoms with Gasteiger partial charge in [0.25, 0.3) is 0 Å². The van der Waals surface area contributed by atoms with Crippen LogP contribution in [0.25, 0.3) is 0 Å². The molecule has 2 atom stereocenters. The molecule has 1 aromatic heterocycles. The van der Waals surface area contributed by atoms with Crippen LogP contribution in [-0.4, -0.2) is 22.9 Å². The molecule has 1 aliphatic carbocycles. The van der Waals surface area contributed by atoms with Gasteiger partial charge >= 0.3 is 0 Å². The minimum Gasteiger partial charge on any atom is -0.333 e. The van der Waals surface area contributed by atoms with E-state index in [4.69, 9.17) is 11.6 Å². The van der Waals surface area contributed by atoms with Gasteiger partial charge in [-0.05, 0) is 48.4 Å². The van der Waals surface area contributed by atoms with Gasteiger partial charge in [0.05, 0.1) is 6.54 Å². The van der Waals surface area contributed by atoms with Crippen LogP contribution in [0.15, 0.2) is 41.8 Å². The van der Waals surface area contributed by atoms with Crippen molar-refractivity contribution in [1.29, 1.82) is 0 Å². The van der Waals surface area contributed by atoms with Crippen LogP contribution in [0.5, 0.6) is 0 Å². The maximum Gasteiger partial charge on any atom is 0.241 e. The van der Waals surface area contributed by atoms with Gasteiger partial charge in [-0.1, -0.05) is 29.8 Å². The summed E-state index contributed by atoms with van der Waals surface area (Å²) in [4.78, 5) is 16.3. The van der Waals surface area contributed by atoms with E-state index in [1.54, 1.807) is 11.3 Å². The number of carbonyl (C=O) groups is 1. The zero-order valence-corrected chi connectivity index (χ0v) is 14.8. The number of amides is 1. The number of thiophene rings is 1. The van der Waals surface area contributed by atoms with Gasteiger partial charge < -0.3 is 4.90 Å². The van der Waals surface area contributed by atoms with Crippen LogP contribution >= 0.6 is 22.9 Å². The number of halogens is 1. The Bertz CT molecular complexity index is 717. The van der Waals surface area contributed by atoms with Gasteiger partial charge in [-0.15, -0.1) is 11.3 Å². The van der Waals surface area contributed by atoms with Crippen molar-refractivity contribution < 1.29 is 4.79 Å². The van der Waals surface area contributed by atoms with E-state index in [0.717, 1.165) is 36.4 Å². The van der Waals surface area contributed by atoms with E-state index < -0.39 is 0 Å². The zero-order valence-electron chi connectivity index (χ0n) is 13.2. The Kier molecular flexibility index (Phi) is 4.59. The van der Waals surface area contributed by atoms with Crippen molar-refractivity contribution >= 4 is 28.8 Å². The zero-order chi connectivity index (χ0) is 16.5. The number of nitrogens with one attached hydrogen (secondary N) is 2. The molecule has 1 amide bonds. The summed E-state index contributed by atoms with van der Waals surface area (Å²) in [5, 5.41) is 2.79. The van der Waals surface area contributed by atoms with Crippen molar-refractivity contribution in [2.45, 2.75) is 43.9 Å². The number of nitrogens with zero attached hydrogens (tertiary/aromatic N) is 1. The normalized spacial score (nSPS) is 23.4. The van der Waals surface area contributed by atoms with Crippen molar-refractivity contribution in [3.05, 3.63) is 57.2 Å². The van der Waals surface area contributed by atoms with Gasteiger partial charge in [0.2, 0.25) is 5.91 Å². The summed E-state index contributed by atoms with van der Waals surface area (Å²) in [6, 6.07) is 12.3. The first kappa shape index (κ1) is 16.1. The quantitative estimate of drug-likeness (QED) is 0.856. The molecular weight excluding hydrogens is 342 g/mol. The van der Waals surface area contributed by atoms with Crippen molar-refractivity contribution in [2.75, 3.05) is 0 Å². The largest absolute Gasteiger partial charge is 0.333 e. The number of hydrogen-bond acceptors (Lipinski definition) is 4. The Balaban J connectivity index is 1.44. The molecule has 2 aromatic rings. The highest BCUT2D eigenvalue weighted by molar-refractivity contribution is 7.09. The molecule has 2 heterocycles. The number of hydrogen-bond donors (Lipinski definition) is 2. The molecule has 4 rings (SSSR count). The molecule has 2 fully saturated rings. The van der Waals surface area contributed by atoms with E-state index in [1.165, 1.54) is 4.88 Å². The Morgan fingerprint density at radius 3 is 2.83 bits per heavy atom. The average molecular weight is 362 g/mol. The van der Waals surface area contributed by atoms with Gasteiger partial charge in [0.15, 0.2) is 0 Å². The van der Waals surface area contributed by atoms with Crippen LogP contribution in [0.4, 0.5) is 0 Å². The first-order valence-corrected chi connectivity index (χ1v) is 9.56. The molecule has 0 radical (unpaired) electrons. The van der Waals surface area contributed by atoms with E-state index in [9.17, 15) is 4.79 Å². The van der Waals surface area contributed by atoms with Gasteiger partial charge in [0.1, 0.15) is 6.04 Å². The maximum absolute atomic E-state index is 13.0. The van der Waals surface area contributed by atoms with Gasteiger partial charge in [-0.25, -0.2) is 10.9 Å². The van der Waals surface area contributed by atoms with Crippen LogP contribution in [0.1, 0.15) is 35.7 Å². The minimum atomic E-state index is -0.186. The van der Waals surface area contributed by atoms with E-state index in [1.807, 2.05) is 35.2 Å². The molecule has 126 valence electrons. The average Bonchev–Trinajstić information content (AvgIpc) is 3.10. The van der Waals surface area contributed by atoms with Crippen molar-refractivity contribution in [3.63, 3.8) is 0 Å². The fraction of sp³-hybridized carbons (Fsp3) is 0.389. The Morgan fingerprint density at radius 1 is 1.25 bits per heavy atom. The van der Waals surface area contributed by atoms with E-state index in [0.29, 0.717) is 6.04 Å². The summed E-state index contributed by atoms with van der Waals surface area (Å²) < 4.78 is 0. The molecule has 24 heavy (non-hydrogen) atoms. The molecule has 0 spiro atoms. The predicted octanol–water partition coefficient (Wildman–Crippen LogP) is 3.50. The number of benzene rings is 1. The van der Waals surface area contributed by atoms with Crippen LogP contribution in [0, 0.1) is 0 Å². The third kappa shape index (κ3) is 3.49. The highest BCUT2D eigenvalue weighted by atomic mass is 35.5. The Labute approximate surface area is 150 Å². The van der Waals surface area contributed by atoms with E-state index >= 15 is 0 Å². The fourth-order valence-corrected chi connectivity index (χ4v) is 4.11. The number of carbonyl (C=O) groups excluding carboxylic acids is 1. The van der Waals surface area contributed by atoms with Gasteiger partial charge in [-0.2, -0.15) is 0 Å². The molecular formula is C18H20ClN3OS. The minimum absolute atomic E-state index is 0.112. The number of hydrazine groups is 1. The fourth-order valence-electron chi connectivity index (χ4n) is 3.20. The molecule has 1 aromatic carbocycles. The summed E-state index contributed by atoms with van der Waals surface area (Å²) in [5.41, 5.74) is 7.55. The highest BCUT2D eigenvalue weighted by Crippen LogP contribution is 2.32. The third-order valence-corrected chi connectivity index (χ3v) is 5.73. The monoisotopic (exact) mass is 361 g/mol. The second-order valence-electron chi connectivity index (χ2n) is 6.46. The Hall–Kier alpha value is -1.40. The van der Waals surface area contributed by atoms with Crippen LogP contribution in [0.3, 0.4) is 0 Å².